The molecule has 1 aromatic rings. The summed E-state index contributed by atoms with van der Waals surface area (Å²) in [5.41, 5.74) is 1.79. The molecule has 2 fully saturated rings. The van der Waals surface area contributed by atoms with E-state index in [-0.39, 0.29) is 18.5 Å². The maximum Gasteiger partial charge on any atom is 0.306 e. The van der Waals surface area contributed by atoms with Gasteiger partial charge in [-0.2, -0.15) is 0 Å². The van der Waals surface area contributed by atoms with Crippen molar-refractivity contribution in [1.29, 1.82) is 0 Å². The van der Waals surface area contributed by atoms with Crippen molar-refractivity contribution in [2.24, 2.45) is 17.8 Å². The highest BCUT2D eigenvalue weighted by atomic mass is 79.9. The van der Waals surface area contributed by atoms with E-state index in [0.717, 1.165) is 22.4 Å². The zero-order valence-corrected chi connectivity index (χ0v) is 14.9. The number of carbonyl (C=O) groups excluding carboxylic acids is 2. The Balaban J connectivity index is 1.41. The molecule has 3 atom stereocenters. The topological polar surface area (TPSA) is 55.4 Å². The molecular weight excluding hydrogens is 358 g/mol. The van der Waals surface area contributed by atoms with Crippen LogP contribution in [0.25, 0.3) is 0 Å². The molecule has 0 aliphatic heterocycles. The zero-order valence-electron chi connectivity index (χ0n) is 13.3. The summed E-state index contributed by atoms with van der Waals surface area (Å²) in [7, 11) is 0. The summed E-state index contributed by atoms with van der Waals surface area (Å²) >= 11 is 3.43. The Morgan fingerprint density at radius 2 is 2.13 bits per heavy atom. The summed E-state index contributed by atoms with van der Waals surface area (Å²) in [6.45, 7) is 1.76. The lowest BCUT2D eigenvalue weighted by Crippen LogP contribution is -2.23. The third-order valence-electron chi connectivity index (χ3n) is 5.13. The molecule has 5 heteroatoms. The number of halogens is 1. The smallest absolute Gasteiger partial charge is 0.306 e. The molecule has 0 radical (unpaired) electrons. The predicted octanol–water partition coefficient (Wildman–Crippen LogP) is 4.07. The van der Waals surface area contributed by atoms with Crippen LogP contribution >= 0.6 is 15.9 Å². The highest BCUT2D eigenvalue weighted by molar-refractivity contribution is 9.10. The summed E-state index contributed by atoms with van der Waals surface area (Å²) in [4.78, 5) is 23.8. The van der Waals surface area contributed by atoms with Crippen LogP contribution in [0.2, 0.25) is 0 Å². The van der Waals surface area contributed by atoms with Gasteiger partial charge in [-0.05, 0) is 61.6 Å². The molecule has 3 rings (SSSR count). The predicted molar refractivity (Wildman–Crippen MR) is 92.0 cm³/mol. The maximum atomic E-state index is 11.9. The molecular formula is C18H22BrNO3. The summed E-state index contributed by atoms with van der Waals surface area (Å²) in [6, 6.07) is 5.58. The van der Waals surface area contributed by atoms with Gasteiger partial charge in [0.1, 0.15) is 0 Å². The molecule has 0 heterocycles. The van der Waals surface area contributed by atoms with Gasteiger partial charge in [-0.1, -0.05) is 28.4 Å². The van der Waals surface area contributed by atoms with Crippen molar-refractivity contribution in [3.8, 4) is 0 Å². The number of nitrogens with one attached hydrogen (secondary N) is 1. The van der Waals surface area contributed by atoms with Gasteiger partial charge in [0.2, 0.25) is 0 Å². The fraction of sp³-hybridized carbons (Fsp3) is 0.556. The molecule has 2 aliphatic rings. The number of amides is 1. The van der Waals surface area contributed by atoms with Crippen LogP contribution in [0, 0.1) is 24.7 Å². The lowest BCUT2D eigenvalue weighted by atomic mass is 9.86. The molecule has 0 unspecified atom stereocenters. The number of hydrogen-bond donors (Lipinski definition) is 1. The number of hydrogen-bond acceptors (Lipinski definition) is 3. The third kappa shape index (κ3) is 4.14. The third-order valence-corrected chi connectivity index (χ3v) is 5.99. The van der Waals surface area contributed by atoms with Crippen LogP contribution in [0.3, 0.4) is 0 Å². The van der Waals surface area contributed by atoms with Crippen molar-refractivity contribution < 1.29 is 14.3 Å². The van der Waals surface area contributed by atoms with Crippen molar-refractivity contribution in [2.75, 3.05) is 11.9 Å². The minimum atomic E-state index is -0.304. The first-order chi connectivity index (χ1) is 11.0. The Morgan fingerprint density at radius 1 is 1.30 bits per heavy atom. The van der Waals surface area contributed by atoms with Crippen molar-refractivity contribution in [3.05, 3.63) is 28.2 Å². The van der Waals surface area contributed by atoms with E-state index in [2.05, 4.69) is 21.2 Å². The van der Waals surface area contributed by atoms with Gasteiger partial charge in [0.25, 0.3) is 5.91 Å². The van der Waals surface area contributed by atoms with E-state index in [1.165, 1.54) is 19.3 Å². The number of anilines is 1. The minimum absolute atomic E-state index is 0.217. The first-order valence-corrected chi connectivity index (χ1v) is 9.02. The molecule has 2 saturated carbocycles. The SMILES string of the molecule is Cc1ccc(NC(=O)COC(=O)C[C@@H]2C[C@H]3CC[C@@H]2C3)cc1Br. The molecule has 2 bridgehead atoms. The second-order valence-electron chi connectivity index (χ2n) is 6.81. The molecule has 1 N–H and O–H groups in total. The van der Waals surface area contributed by atoms with Crippen LogP contribution in [-0.4, -0.2) is 18.5 Å². The normalized spacial score (nSPS) is 25.4. The Morgan fingerprint density at radius 3 is 2.78 bits per heavy atom. The van der Waals surface area contributed by atoms with E-state index in [0.29, 0.717) is 23.9 Å². The fourth-order valence-corrected chi connectivity index (χ4v) is 4.29. The first kappa shape index (κ1) is 16.5. The lowest BCUT2D eigenvalue weighted by molar-refractivity contribution is -0.148. The van der Waals surface area contributed by atoms with Crippen LogP contribution in [0.4, 0.5) is 5.69 Å². The van der Waals surface area contributed by atoms with Crippen LogP contribution in [0.5, 0.6) is 0 Å². The van der Waals surface area contributed by atoms with Gasteiger partial charge in [0, 0.05) is 16.6 Å². The Bertz CT molecular complexity index is 616. The van der Waals surface area contributed by atoms with Crippen molar-refractivity contribution >= 4 is 33.5 Å². The van der Waals surface area contributed by atoms with Crippen LogP contribution in [-0.2, 0) is 14.3 Å². The highest BCUT2D eigenvalue weighted by Gasteiger charge is 2.40. The number of rotatable bonds is 5. The zero-order chi connectivity index (χ0) is 16.4. The van der Waals surface area contributed by atoms with E-state index in [1.807, 2.05) is 25.1 Å². The lowest BCUT2D eigenvalue weighted by Gasteiger charge is -2.20. The molecule has 0 aromatic heterocycles. The largest absolute Gasteiger partial charge is 0.456 e. The summed E-state index contributed by atoms with van der Waals surface area (Å²) in [6.07, 6.45) is 5.48. The fourth-order valence-electron chi connectivity index (χ4n) is 3.91. The first-order valence-electron chi connectivity index (χ1n) is 8.23. The average molecular weight is 380 g/mol. The van der Waals surface area contributed by atoms with Crippen LogP contribution in [0.15, 0.2) is 22.7 Å². The maximum absolute atomic E-state index is 11.9. The Labute approximate surface area is 145 Å². The van der Waals surface area contributed by atoms with Crippen molar-refractivity contribution in [3.63, 3.8) is 0 Å². The second kappa shape index (κ2) is 7.04. The van der Waals surface area contributed by atoms with Gasteiger partial charge < -0.3 is 10.1 Å². The molecule has 1 amide bonds. The van der Waals surface area contributed by atoms with E-state index in [1.54, 1.807) is 0 Å². The molecule has 2 aliphatic carbocycles. The Hall–Kier alpha value is -1.36. The van der Waals surface area contributed by atoms with Gasteiger partial charge in [0.05, 0.1) is 0 Å². The monoisotopic (exact) mass is 379 g/mol. The van der Waals surface area contributed by atoms with Crippen LogP contribution in [0.1, 0.15) is 37.7 Å². The minimum Gasteiger partial charge on any atom is -0.456 e. The van der Waals surface area contributed by atoms with Gasteiger partial charge >= 0.3 is 5.97 Å². The summed E-state index contributed by atoms with van der Waals surface area (Å²) in [5, 5.41) is 2.74. The number of benzene rings is 1. The van der Waals surface area contributed by atoms with Crippen LogP contribution < -0.4 is 5.32 Å². The molecule has 1 aromatic carbocycles. The van der Waals surface area contributed by atoms with Gasteiger partial charge in [0.15, 0.2) is 6.61 Å². The average Bonchev–Trinajstić information content (AvgIpc) is 3.12. The van der Waals surface area contributed by atoms with E-state index in [9.17, 15) is 9.59 Å². The number of esters is 1. The molecule has 4 nitrogen and oxygen atoms in total. The number of fused-ring (bicyclic) bond motifs is 2. The van der Waals surface area contributed by atoms with E-state index < -0.39 is 0 Å². The summed E-state index contributed by atoms with van der Waals surface area (Å²) in [5.74, 6) is 1.44. The molecule has 23 heavy (non-hydrogen) atoms. The standard InChI is InChI=1S/C18H22BrNO3/c1-11-2-5-15(9-16(11)19)20-17(21)10-23-18(22)8-14-7-12-3-4-13(14)6-12/h2,5,9,12-14H,3-4,6-8,10H2,1H3,(H,20,21)/t12-,13+,14-/m0/s1. The van der Waals surface area contributed by atoms with Crippen molar-refractivity contribution in [1.82, 2.24) is 0 Å². The second-order valence-corrected chi connectivity index (χ2v) is 7.67. The van der Waals surface area contributed by atoms with E-state index in [4.69, 9.17) is 4.74 Å². The molecule has 0 saturated heterocycles. The van der Waals surface area contributed by atoms with E-state index >= 15 is 0 Å². The van der Waals surface area contributed by atoms with Crippen molar-refractivity contribution in [2.45, 2.75) is 39.0 Å². The molecule has 0 spiro atoms. The quantitative estimate of drug-likeness (QED) is 0.784. The van der Waals surface area contributed by atoms with Gasteiger partial charge in [-0.15, -0.1) is 0 Å². The number of carbonyl (C=O) groups is 2. The Kier molecular flexibility index (Phi) is 5.05. The number of aryl methyl sites for hydroxylation is 1. The summed E-state index contributed by atoms with van der Waals surface area (Å²) < 4.78 is 6.07. The highest BCUT2D eigenvalue weighted by Crippen LogP contribution is 2.49. The number of ether oxygens (including phenoxy) is 1. The molecule has 124 valence electrons. The van der Waals surface area contributed by atoms with Gasteiger partial charge in [-0.3, -0.25) is 9.59 Å². The van der Waals surface area contributed by atoms with Gasteiger partial charge in [-0.25, -0.2) is 0 Å².